The van der Waals surface area contributed by atoms with Crippen molar-refractivity contribution in [2.45, 2.75) is 0 Å². The molecule has 0 aliphatic rings. The molecule has 0 spiro atoms. The fourth-order valence-electron chi connectivity index (χ4n) is 1.16. The molecular weight excluding hydrogens is 352 g/mol. The number of nitrogen functional groups attached to an aromatic ring is 1. The predicted octanol–water partition coefficient (Wildman–Crippen LogP) is 3.46. The van der Waals surface area contributed by atoms with Gasteiger partial charge in [-0.25, -0.2) is 8.78 Å². The van der Waals surface area contributed by atoms with Gasteiger partial charge in [-0.1, -0.05) is 16.8 Å². The number of anilines is 1. The average molecular weight is 356 g/mol. The lowest BCUT2D eigenvalue weighted by molar-refractivity contribution is 0.432. The van der Waals surface area contributed by atoms with E-state index < -0.39 is 11.6 Å². The molecule has 3 nitrogen and oxygen atoms in total. The monoisotopic (exact) mass is 356 g/mol. The summed E-state index contributed by atoms with van der Waals surface area (Å²) in [5.74, 6) is -1.21. The van der Waals surface area contributed by atoms with Gasteiger partial charge >= 0.3 is 0 Å². The van der Waals surface area contributed by atoms with Crippen LogP contribution in [-0.4, -0.2) is 5.16 Å². The SMILES string of the molecule is Nc1noc(-c2cc(F)c(Cl)cc2F)c1I. The Labute approximate surface area is 108 Å². The van der Waals surface area contributed by atoms with Gasteiger partial charge in [-0.2, -0.15) is 0 Å². The van der Waals surface area contributed by atoms with Gasteiger partial charge in [0.25, 0.3) is 0 Å². The standard InChI is InChI=1S/C9H4ClF2IN2O/c10-4-2-5(11)3(1-6(4)12)8-7(13)9(14)15-16-8/h1-2H,(H2,14,15). The molecule has 0 saturated heterocycles. The molecule has 0 amide bonds. The second-order valence-corrected chi connectivity index (χ2v) is 4.44. The Kier molecular flexibility index (Phi) is 3.02. The van der Waals surface area contributed by atoms with Crippen molar-refractivity contribution >= 4 is 40.0 Å². The number of benzene rings is 1. The van der Waals surface area contributed by atoms with Crippen molar-refractivity contribution < 1.29 is 13.3 Å². The van der Waals surface area contributed by atoms with E-state index in [0.717, 1.165) is 12.1 Å². The summed E-state index contributed by atoms with van der Waals surface area (Å²) in [7, 11) is 0. The average Bonchev–Trinajstić information content (AvgIpc) is 2.54. The molecule has 2 N–H and O–H groups in total. The molecule has 84 valence electrons. The molecule has 0 fully saturated rings. The second kappa shape index (κ2) is 4.17. The van der Waals surface area contributed by atoms with Crippen LogP contribution in [-0.2, 0) is 0 Å². The number of nitrogens with two attached hydrogens (primary N) is 1. The Hall–Kier alpha value is -0.890. The van der Waals surface area contributed by atoms with Crippen LogP contribution in [0.25, 0.3) is 11.3 Å². The predicted molar refractivity (Wildman–Crippen MR) is 64.0 cm³/mol. The van der Waals surface area contributed by atoms with Crippen LogP contribution in [0.2, 0.25) is 5.02 Å². The summed E-state index contributed by atoms with van der Waals surface area (Å²) in [6.07, 6.45) is 0. The topological polar surface area (TPSA) is 52.0 Å². The Morgan fingerprint density at radius 3 is 2.56 bits per heavy atom. The van der Waals surface area contributed by atoms with Gasteiger partial charge in [0.2, 0.25) is 0 Å². The minimum atomic E-state index is -0.733. The lowest BCUT2D eigenvalue weighted by Crippen LogP contribution is -1.90. The maximum absolute atomic E-state index is 13.5. The van der Waals surface area contributed by atoms with Crippen LogP contribution in [0, 0.1) is 15.2 Å². The van der Waals surface area contributed by atoms with Gasteiger partial charge in [0.15, 0.2) is 11.6 Å². The number of nitrogens with zero attached hydrogens (tertiary/aromatic N) is 1. The van der Waals surface area contributed by atoms with Crippen molar-refractivity contribution in [3.8, 4) is 11.3 Å². The number of aromatic nitrogens is 1. The molecule has 2 aromatic rings. The lowest BCUT2D eigenvalue weighted by Gasteiger charge is -2.01. The highest BCUT2D eigenvalue weighted by molar-refractivity contribution is 14.1. The van der Waals surface area contributed by atoms with Crippen molar-refractivity contribution in [1.29, 1.82) is 0 Å². The van der Waals surface area contributed by atoms with Crippen LogP contribution in [0.1, 0.15) is 0 Å². The van der Waals surface area contributed by atoms with Crippen molar-refractivity contribution in [2.75, 3.05) is 5.73 Å². The molecule has 16 heavy (non-hydrogen) atoms. The van der Waals surface area contributed by atoms with Crippen LogP contribution in [0.4, 0.5) is 14.6 Å². The fourth-order valence-corrected chi connectivity index (χ4v) is 1.79. The Morgan fingerprint density at radius 2 is 2.00 bits per heavy atom. The number of rotatable bonds is 1. The highest BCUT2D eigenvalue weighted by atomic mass is 127. The highest BCUT2D eigenvalue weighted by Gasteiger charge is 2.18. The summed E-state index contributed by atoms with van der Waals surface area (Å²) in [6, 6.07) is 1.82. The molecule has 0 aliphatic carbocycles. The minimum absolute atomic E-state index is 0.0597. The quantitative estimate of drug-likeness (QED) is 0.629. The molecule has 0 radical (unpaired) electrons. The van der Waals surface area contributed by atoms with E-state index in [-0.39, 0.29) is 22.2 Å². The molecule has 0 atom stereocenters. The summed E-state index contributed by atoms with van der Waals surface area (Å²) in [4.78, 5) is 0. The zero-order valence-corrected chi connectivity index (χ0v) is 10.5. The molecule has 1 aromatic heterocycles. The van der Waals surface area contributed by atoms with E-state index in [0.29, 0.717) is 3.57 Å². The highest BCUT2D eigenvalue weighted by Crippen LogP contribution is 2.33. The van der Waals surface area contributed by atoms with E-state index in [1.54, 1.807) is 0 Å². The first kappa shape index (κ1) is 11.6. The van der Waals surface area contributed by atoms with Gasteiger partial charge in [0.1, 0.15) is 15.2 Å². The van der Waals surface area contributed by atoms with Crippen molar-refractivity contribution in [3.63, 3.8) is 0 Å². The van der Waals surface area contributed by atoms with Gasteiger partial charge < -0.3 is 10.3 Å². The molecule has 7 heteroatoms. The third-order valence-electron chi connectivity index (χ3n) is 1.91. The van der Waals surface area contributed by atoms with E-state index >= 15 is 0 Å². The molecule has 0 bridgehead atoms. The van der Waals surface area contributed by atoms with Crippen molar-refractivity contribution in [3.05, 3.63) is 32.4 Å². The van der Waals surface area contributed by atoms with Gasteiger partial charge in [-0.15, -0.1) is 0 Å². The van der Waals surface area contributed by atoms with E-state index in [1.807, 2.05) is 22.6 Å². The zero-order chi connectivity index (χ0) is 11.9. The minimum Gasteiger partial charge on any atom is -0.380 e. The van der Waals surface area contributed by atoms with E-state index in [1.165, 1.54) is 0 Å². The van der Waals surface area contributed by atoms with E-state index in [4.69, 9.17) is 21.9 Å². The van der Waals surface area contributed by atoms with Crippen molar-refractivity contribution in [2.24, 2.45) is 0 Å². The first-order valence-corrected chi connectivity index (χ1v) is 5.52. The third-order valence-corrected chi connectivity index (χ3v) is 3.25. The molecule has 1 aromatic carbocycles. The summed E-state index contributed by atoms with van der Waals surface area (Å²) >= 11 is 7.27. The van der Waals surface area contributed by atoms with E-state index in [2.05, 4.69) is 5.16 Å². The third kappa shape index (κ3) is 1.86. The molecule has 1 heterocycles. The van der Waals surface area contributed by atoms with E-state index in [9.17, 15) is 8.78 Å². The molecule has 0 saturated carbocycles. The van der Waals surface area contributed by atoms with Crippen LogP contribution in [0.5, 0.6) is 0 Å². The zero-order valence-electron chi connectivity index (χ0n) is 7.60. The Balaban J connectivity index is 2.65. The largest absolute Gasteiger partial charge is 0.380 e. The first-order valence-electron chi connectivity index (χ1n) is 4.06. The Morgan fingerprint density at radius 1 is 1.31 bits per heavy atom. The first-order chi connectivity index (χ1) is 7.50. The Bertz CT molecular complexity index is 559. The molecule has 0 aliphatic heterocycles. The summed E-state index contributed by atoms with van der Waals surface area (Å²) in [6.45, 7) is 0. The maximum atomic E-state index is 13.5. The molecular formula is C9H4ClF2IN2O. The number of hydrogen-bond acceptors (Lipinski definition) is 3. The number of halogens is 4. The lowest BCUT2D eigenvalue weighted by atomic mass is 10.1. The number of hydrogen-bond donors (Lipinski definition) is 1. The smallest absolute Gasteiger partial charge is 0.185 e. The van der Waals surface area contributed by atoms with Gasteiger partial charge in [0, 0.05) is 0 Å². The van der Waals surface area contributed by atoms with Gasteiger partial charge in [-0.3, -0.25) is 0 Å². The van der Waals surface area contributed by atoms with Gasteiger partial charge in [-0.05, 0) is 34.7 Å². The second-order valence-electron chi connectivity index (χ2n) is 2.96. The normalized spacial score (nSPS) is 10.8. The fraction of sp³-hybridized carbons (Fsp3) is 0. The molecule has 2 rings (SSSR count). The molecule has 0 unspecified atom stereocenters. The van der Waals surface area contributed by atoms with Crippen LogP contribution in [0.15, 0.2) is 16.7 Å². The van der Waals surface area contributed by atoms with Crippen LogP contribution < -0.4 is 5.73 Å². The maximum Gasteiger partial charge on any atom is 0.185 e. The summed E-state index contributed by atoms with van der Waals surface area (Å²) in [5.41, 5.74) is 5.38. The van der Waals surface area contributed by atoms with Crippen LogP contribution in [0.3, 0.4) is 0 Å². The van der Waals surface area contributed by atoms with Gasteiger partial charge in [0.05, 0.1) is 10.6 Å². The van der Waals surface area contributed by atoms with Crippen LogP contribution >= 0.6 is 34.2 Å². The summed E-state index contributed by atoms with van der Waals surface area (Å²) < 4.78 is 32.0. The van der Waals surface area contributed by atoms with Crippen molar-refractivity contribution in [1.82, 2.24) is 5.16 Å². The summed E-state index contributed by atoms with van der Waals surface area (Å²) in [5, 5.41) is 3.17.